The molecule has 13 heteroatoms. The van der Waals surface area contributed by atoms with Gasteiger partial charge in [-0.15, -0.1) is 12.4 Å². The third-order valence-electron chi connectivity index (χ3n) is 6.78. The van der Waals surface area contributed by atoms with Crippen molar-refractivity contribution in [3.63, 3.8) is 0 Å². The van der Waals surface area contributed by atoms with Crippen molar-refractivity contribution in [3.05, 3.63) is 95.1 Å². The van der Waals surface area contributed by atoms with Crippen molar-refractivity contribution >= 4 is 74.2 Å². The minimum atomic E-state index is -3.24. The highest BCUT2D eigenvalue weighted by Crippen LogP contribution is 2.28. The number of aryl methyl sites for hydroxylation is 2. The second-order valence-electron chi connectivity index (χ2n) is 9.54. The van der Waals surface area contributed by atoms with Crippen LogP contribution in [0.25, 0.3) is 11.0 Å². The molecular formula is C29H32Cl2N8O2S. The van der Waals surface area contributed by atoms with Gasteiger partial charge in [-0.1, -0.05) is 35.9 Å². The molecule has 0 radical (unpaired) electrons. The standard InChI is InChI=1S/C29H31ClN8O2S.ClH/c1-31-41(39,40)17-15-20-6-10-23(11-7-20)34-28-32-16-14-27(36-28)37(2)24-12-13-26-25(18-24)35-29(38(26)3)33-19-21-4-8-22(30)9-5-21;/h4-14,16,18,31H,15,17,19H2,1-3H3,(H,33,35)(H,32,34,36);1H. The van der Waals surface area contributed by atoms with Gasteiger partial charge in [0.25, 0.3) is 0 Å². The van der Waals surface area contributed by atoms with Gasteiger partial charge in [0.1, 0.15) is 5.82 Å². The van der Waals surface area contributed by atoms with Crippen molar-refractivity contribution in [2.75, 3.05) is 35.4 Å². The summed E-state index contributed by atoms with van der Waals surface area (Å²) in [6.45, 7) is 0.638. The largest absolute Gasteiger partial charge is 0.352 e. The summed E-state index contributed by atoms with van der Waals surface area (Å²) in [4.78, 5) is 15.8. The number of hydrogen-bond acceptors (Lipinski definition) is 8. The van der Waals surface area contributed by atoms with E-state index in [-0.39, 0.29) is 18.2 Å². The molecule has 0 atom stereocenters. The van der Waals surface area contributed by atoms with Crippen molar-refractivity contribution in [2.45, 2.75) is 13.0 Å². The fourth-order valence-corrected chi connectivity index (χ4v) is 5.14. The molecular weight excluding hydrogens is 595 g/mol. The lowest BCUT2D eigenvalue weighted by Gasteiger charge is -2.19. The van der Waals surface area contributed by atoms with Crippen molar-refractivity contribution in [3.8, 4) is 0 Å². The zero-order valence-electron chi connectivity index (χ0n) is 23.4. The number of halogens is 2. The zero-order valence-corrected chi connectivity index (χ0v) is 25.8. The number of rotatable bonds is 11. The Bertz CT molecular complexity index is 1760. The summed E-state index contributed by atoms with van der Waals surface area (Å²) in [7, 11) is 2.11. The molecule has 0 aliphatic carbocycles. The summed E-state index contributed by atoms with van der Waals surface area (Å²) >= 11 is 6.00. The number of nitrogens with one attached hydrogen (secondary N) is 3. The Morgan fingerprint density at radius 1 is 0.952 bits per heavy atom. The summed E-state index contributed by atoms with van der Waals surface area (Å²) in [5.74, 6) is 1.98. The van der Waals surface area contributed by atoms with Gasteiger partial charge in [-0.05, 0) is 73.1 Å². The summed E-state index contributed by atoms with van der Waals surface area (Å²) in [5.41, 5.74) is 5.66. The fraction of sp³-hybridized carbons (Fsp3) is 0.207. The first-order chi connectivity index (χ1) is 19.7. The third kappa shape index (κ3) is 7.48. The van der Waals surface area contributed by atoms with Crippen LogP contribution in [0.1, 0.15) is 11.1 Å². The van der Waals surface area contributed by atoms with Gasteiger partial charge in [-0.25, -0.2) is 23.1 Å². The first-order valence-electron chi connectivity index (χ1n) is 13.0. The number of nitrogens with zero attached hydrogens (tertiary/aromatic N) is 5. The molecule has 0 aliphatic rings. The molecule has 0 aliphatic heterocycles. The van der Waals surface area contributed by atoms with Crippen LogP contribution in [-0.2, 0) is 30.0 Å². The van der Waals surface area contributed by atoms with Gasteiger partial charge in [-0.3, -0.25) is 0 Å². The molecule has 3 N–H and O–H groups in total. The molecule has 0 saturated carbocycles. The molecule has 0 amide bonds. The number of benzene rings is 3. The van der Waals surface area contributed by atoms with E-state index in [4.69, 9.17) is 16.6 Å². The van der Waals surface area contributed by atoms with Crippen molar-refractivity contribution in [1.82, 2.24) is 24.2 Å². The Hall–Kier alpha value is -3.90. The molecule has 0 spiro atoms. The third-order valence-corrected chi connectivity index (χ3v) is 8.40. The van der Waals surface area contributed by atoms with Gasteiger partial charge in [0, 0.05) is 43.2 Å². The molecule has 0 bridgehead atoms. The molecule has 0 fully saturated rings. The van der Waals surface area contributed by atoms with Crippen LogP contribution in [0.15, 0.2) is 79.0 Å². The number of fused-ring (bicyclic) bond motifs is 1. The van der Waals surface area contributed by atoms with E-state index in [1.165, 1.54) is 7.05 Å². The summed E-state index contributed by atoms with van der Waals surface area (Å²) in [5, 5.41) is 7.34. The normalized spacial score (nSPS) is 11.2. The smallest absolute Gasteiger partial charge is 0.229 e. The van der Waals surface area contributed by atoms with E-state index in [1.54, 1.807) is 6.20 Å². The zero-order chi connectivity index (χ0) is 29.0. The van der Waals surface area contributed by atoms with Gasteiger partial charge >= 0.3 is 0 Å². The van der Waals surface area contributed by atoms with Crippen LogP contribution in [0.4, 0.5) is 29.1 Å². The number of imidazole rings is 1. The Morgan fingerprint density at radius 3 is 2.38 bits per heavy atom. The lowest BCUT2D eigenvalue weighted by Crippen LogP contribution is -2.23. The minimum absolute atomic E-state index is 0. The van der Waals surface area contributed by atoms with Crippen LogP contribution in [0, 0.1) is 0 Å². The first kappa shape index (κ1) is 31.0. The van der Waals surface area contributed by atoms with E-state index in [1.807, 2.05) is 96.4 Å². The van der Waals surface area contributed by atoms with Crippen molar-refractivity contribution < 1.29 is 8.42 Å². The van der Waals surface area contributed by atoms with Gasteiger partial charge in [0.2, 0.25) is 21.9 Å². The SMILES string of the molecule is CNS(=O)(=O)CCc1ccc(Nc2nccc(N(C)c3ccc4c(c3)nc(NCc3ccc(Cl)cc3)n4C)n2)cc1.Cl. The maximum absolute atomic E-state index is 11.7. The van der Waals surface area contributed by atoms with Crippen molar-refractivity contribution in [1.29, 1.82) is 0 Å². The number of sulfonamides is 1. The summed E-state index contributed by atoms with van der Waals surface area (Å²) in [6, 6.07) is 23.3. The van der Waals surface area contributed by atoms with E-state index in [0.717, 1.165) is 39.5 Å². The van der Waals surface area contributed by atoms with Crippen molar-refractivity contribution in [2.24, 2.45) is 7.05 Å². The highest BCUT2D eigenvalue weighted by atomic mass is 35.5. The van der Waals surface area contributed by atoms with Gasteiger partial charge in [0.05, 0.1) is 16.8 Å². The molecule has 2 aromatic heterocycles. The van der Waals surface area contributed by atoms with E-state index in [2.05, 4.69) is 25.3 Å². The number of anilines is 5. The summed E-state index contributed by atoms with van der Waals surface area (Å²) < 4.78 is 27.7. The molecule has 3 aromatic carbocycles. The van der Waals surface area contributed by atoms with Crippen LogP contribution < -0.4 is 20.3 Å². The first-order valence-corrected chi connectivity index (χ1v) is 15.0. The molecule has 220 valence electrons. The van der Waals surface area contributed by atoms with Crippen LogP contribution >= 0.6 is 24.0 Å². The predicted octanol–water partition coefficient (Wildman–Crippen LogP) is 5.65. The highest BCUT2D eigenvalue weighted by molar-refractivity contribution is 7.89. The monoisotopic (exact) mass is 626 g/mol. The maximum Gasteiger partial charge on any atom is 0.229 e. The lowest BCUT2D eigenvalue weighted by molar-refractivity contribution is 0.587. The predicted molar refractivity (Wildman–Crippen MR) is 173 cm³/mol. The molecule has 42 heavy (non-hydrogen) atoms. The fourth-order valence-electron chi connectivity index (χ4n) is 4.30. The number of hydrogen-bond donors (Lipinski definition) is 3. The molecule has 0 saturated heterocycles. The minimum Gasteiger partial charge on any atom is -0.352 e. The van der Waals surface area contributed by atoms with E-state index < -0.39 is 10.0 Å². The average molecular weight is 628 g/mol. The Morgan fingerprint density at radius 2 is 1.67 bits per heavy atom. The van der Waals surface area contributed by atoms with E-state index in [9.17, 15) is 8.42 Å². The number of aromatic nitrogens is 4. The Labute approximate surface area is 256 Å². The molecule has 5 rings (SSSR count). The Balaban J connectivity index is 0.00000405. The second-order valence-corrected chi connectivity index (χ2v) is 12.0. The summed E-state index contributed by atoms with van der Waals surface area (Å²) in [6.07, 6.45) is 2.14. The second kappa shape index (κ2) is 13.4. The van der Waals surface area contributed by atoms with Gasteiger partial charge in [0.15, 0.2) is 0 Å². The highest BCUT2D eigenvalue weighted by Gasteiger charge is 2.13. The van der Waals surface area contributed by atoms with Gasteiger partial charge in [-0.2, -0.15) is 4.98 Å². The van der Waals surface area contributed by atoms with Crippen LogP contribution in [0.2, 0.25) is 5.02 Å². The van der Waals surface area contributed by atoms with E-state index >= 15 is 0 Å². The van der Waals surface area contributed by atoms with E-state index in [0.29, 0.717) is 29.8 Å². The maximum atomic E-state index is 11.7. The molecule has 2 heterocycles. The molecule has 5 aromatic rings. The average Bonchev–Trinajstić information content (AvgIpc) is 3.30. The Kier molecular flexibility index (Phi) is 9.89. The van der Waals surface area contributed by atoms with Crippen LogP contribution in [0.5, 0.6) is 0 Å². The van der Waals surface area contributed by atoms with Crippen LogP contribution in [-0.4, -0.2) is 47.8 Å². The molecule has 0 unspecified atom stereocenters. The van der Waals surface area contributed by atoms with Crippen LogP contribution in [0.3, 0.4) is 0 Å². The lowest BCUT2D eigenvalue weighted by atomic mass is 10.1. The van der Waals surface area contributed by atoms with Gasteiger partial charge < -0.3 is 20.1 Å². The topological polar surface area (TPSA) is 117 Å². The quantitative estimate of drug-likeness (QED) is 0.172. The molecule has 10 nitrogen and oxygen atoms in total.